The first-order valence-corrected chi connectivity index (χ1v) is 8.10. The van der Waals surface area contributed by atoms with E-state index in [1.165, 1.54) is 16.9 Å². The van der Waals surface area contributed by atoms with Gasteiger partial charge in [-0.3, -0.25) is 0 Å². The van der Waals surface area contributed by atoms with Crippen LogP contribution < -0.4 is 14.8 Å². The molecule has 1 aromatic carbocycles. The molecule has 106 valence electrons. The molecule has 0 amide bonds. The Hall–Kier alpha value is -0.870. The van der Waals surface area contributed by atoms with Crippen LogP contribution in [0.2, 0.25) is 0 Å². The van der Waals surface area contributed by atoms with E-state index in [1.807, 2.05) is 0 Å². The Morgan fingerprint density at radius 2 is 1.89 bits per heavy atom. The van der Waals surface area contributed by atoms with E-state index in [9.17, 15) is 0 Å². The van der Waals surface area contributed by atoms with E-state index in [-0.39, 0.29) is 0 Å². The van der Waals surface area contributed by atoms with Crippen LogP contribution in [0.3, 0.4) is 0 Å². The summed E-state index contributed by atoms with van der Waals surface area (Å²) in [4.78, 5) is 1.27. The molecule has 1 heterocycles. The summed E-state index contributed by atoms with van der Waals surface area (Å²) in [5, 5.41) is 3.50. The first-order chi connectivity index (χ1) is 9.20. The van der Waals surface area contributed by atoms with Gasteiger partial charge < -0.3 is 14.8 Å². The molecular formula is C15H23NO2S. The van der Waals surface area contributed by atoms with Crippen molar-refractivity contribution in [2.45, 2.75) is 31.7 Å². The lowest BCUT2D eigenvalue weighted by Gasteiger charge is -2.21. The van der Waals surface area contributed by atoms with Gasteiger partial charge in [0.15, 0.2) is 11.5 Å². The number of fused-ring (bicyclic) bond motifs is 1. The van der Waals surface area contributed by atoms with Gasteiger partial charge in [-0.25, -0.2) is 0 Å². The highest BCUT2D eigenvalue weighted by Gasteiger charge is 2.15. The van der Waals surface area contributed by atoms with Crippen LogP contribution in [0.1, 0.15) is 25.8 Å². The summed E-state index contributed by atoms with van der Waals surface area (Å²) < 4.78 is 11.3. The zero-order chi connectivity index (χ0) is 13.7. The van der Waals surface area contributed by atoms with Crippen molar-refractivity contribution in [1.29, 1.82) is 0 Å². The Kier molecular flexibility index (Phi) is 5.40. The number of hydrogen-bond donors (Lipinski definition) is 1. The molecule has 3 nitrogen and oxygen atoms in total. The molecule has 0 radical (unpaired) electrons. The summed E-state index contributed by atoms with van der Waals surface area (Å²) in [6.45, 7) is 7.73. The van der Waals surface area contributed by atoms with Gasteiger partial charge in [0, 0.05) is 11.4 Å². The molecular weight excluding hydrogens is 258 g/mol. The summed E-state index contributed by atoms with van der Waals surface area (Å²) in [6, 6.07) is 4.21. The third kappa shape index (κ3) is 4.05. The lowest BCUT2D eigenvalue weighted by Crippen LogP contribution is -2.18. The second kappa shape index (κ2) is 7.06. The van der Waals surface area contributed by atoms with Crippen molar-refractivity contribution in [3.63, 3.8) is 0 Å². The number of nitrogens with one attached hydrogen (secondary N) is 1. The van der Waals surface area contributed by atoms with Crippen LogP contribution >= 0.6 is 11.8 Å². The highest BCUT2D eigenvalue weighted by molar-refractivity contribution is 7.98. The first-order valence-electron chi connectivity index (χ1n) is 6.88. The Balaban J connectivity index is 2.02. The fraction of sp³-hybridized carbons (Fsp3) is 0.600. The number of ether oxygens (including phenoxy) is 2. The molecule has 0 atom stereocenters. The minimum Gasteiger partial charge on any atom is -0.486 e. The molecule has 1 N–H and O–H groups in total. The van der Waals surface area contributed by atoms with E-state index in [2.05, 4.69) is 37.6 Å². The van der Waals surface area contributed by atoms with E-state index in [0.717, 1.165) is 30.5 Å². The van der Waals surface area contributed by atoms with Gasteiger partial charge in [0.1, 0.15) is 13.2 Å². The maximum absolute atomic E-state index is 5.65. The van der Waals surface area contributed by atoms with Crippen molar-refractivity contribution in [2.75, 3.05) is 26.0 Å². The van der Waals surface area contributed by atoms with Crippen molar-refractivity contribution < 1.29 is 9.47 Å². The molecule has 1 aliphatic heterocycles. The molecule has 0 aromatic heterocycles. The molecule has 19 heavy (non-hydrogen) atoms. The normalized spacial score (nSPS) is 13.9. The quantitative estimate of drug-likeness (QED) is 0.640. The van der Waals surface area contributed by atoms with Gasteiger partial charge in [-0.1, -0.05) is 13.8 Å². The van der Waals surface area contributed by atoms with Crippen LogP contribution in [0.25, 0.3) is 0 Å². The largest absolute Gasteiger partial charge is 0.486 e. The third-order valence-electron chi connectivity index (χ3n) is 3.16. The molecule has 2 rings (SSSR count). The molecule has 0 fully saturated rings. The monoisotopic (exact) mass is 281 g/mol. The molecule has 0 unspecified atom stereocenters. The van der Waals surface area contributed by atoms with Crippen LogP contribution in [0.4, 0.5) is 0 Å². The van der Waals surface area contributed by atoms with Crippen LogP contribution in [-0.2, 0) is 6.54 Å². The van der Waals surface area contributed by atoms with E-state index in [1.54, 1.807) is 11.8 Å². The number of rotatable bonds is 6. The van der Waals surface area contributed by atoms with Gasteiger partial charge in [0.2, 0.25) is 0 Å². The van der Waals surface area contributed by atoms with Crippen LogP contribution in [0.5, 0.6) is 11.5 Å². The van der Waals surface area contributed by atoms with Gasteiger partial charge in [0.05, 0.1) is 0 Å². The second-order valence-electron chi connectivity index (χ2n) is 5.17. The second-order valence-corrected chi connectivity index (χ2v) is 6.02. The van der Waals surface area contributed by atoms with Crippen molar-refractivity contribution in [2.24, 2.45) is 5.92 Å². The Morgan fingerprint density at radius 3 is 2.53 bits per heavy atom. The van der Waals surface area contributed by atoms with E-state index >= 15 is 0 Å². The smallest absolute Gasteiger partial charge is 0.162 e. The molecule has 0 aliphatic carbocycles. The van der Waals surface area contributed by atoms with Crippen LogP contribution in [0, 0.1) is 5.92 Å². The predicted molar refractivity (Wildman–Crippen MR) is 80.4 cm³/mol. The number of hydrogen-bond acceptors (Lipinski definition) is 4. The van der Waals surface area contributed by atoms with Crippen molar-refractivity contribution in [3.05, 3.63) is 17.7 Å². The number of thioether (sulfide) groups is 1. The standard InChI is InChI=1S/C15H23NO2S/c1-11(2)4-5-16-10-12-8-13-14(9-15(12)19-3)18-7-6-17-13/h8-9,11,16H,4-7,10H2,1-3H3. The molecule has 1 aliphatic rings. The molecule has 4 heteroatoms. The van der Waals surface area contributed by atoms with Gasteiger partial charge in [-0.2, -0.15) is 0 Å². The summed E-state index contributed by atoms with van der Waals surface area (Å²) in [5.41, 5.74) is 1.29. The molecule has 0 saturated carbocycles. The summed E-state index contributed by atoms with van der Waals surface area (Å²) in [7, 11) is 0. The molecule has 1 aromatic rings. The third-order valence-corrected chi connectivity index (χ3v) is 3.98. The zero-order valence-electron chi connectivity index (χ0n) is 12.0. The van der Waals surface area contributed by atoms with Crippen LogP contribution in [0.15, 0.2) is 17.0 Å². The lowest BCUT2D eigenvalue weighted by molar-refractivity contribution is 0.171. The highest BCUT2D eigenvalue weighted by Crippen LogP contribution is 2.36. The maximum atomic E-state index is 5.65. The van der Waals surface area contributed by atoms with Gasteiger partial charge in [0.25, 0.3) is 0 Å². The minimum absolute atomic E-state index is 0.645. The molecule has 0 saturated heterocycles. The van der Waals surface area contributed by atoms with Crippen LogP contribution in [-0.4, -0.2) is 26.0 Å². The maximum Gasteiger partial charge on any atom is 0.162 e. The Labute approximate surface area is 120 Å². The fourth-order valence-corrected chi connectivity index (χ4v) is 2.67. The topological polar surface area (TPSA) is 30.5 Å². The van der Waals surface area contributed by atoms with Crippen molar-refractivity contribution in [1.82, 2.24) is 5.32 Å². The summed E-state index contributed by atoms with van der Waals surface area (Å²) in [5.74, 6) is 2.50. The molecule has 0 bridgehead atoms. The first kappa shape index (κ1) is 14.5. The van der Waals surface area contributed by atoms with Gasteiger partial charge in [-0.15, -0.1) is 11.8 Å². The average molecular weight is 281 g/mol. The van der Waals surface area contributed by atoms with Crippen molar-refractivity contribution >= 4 is 11.8 Å². The zero-order valence-corrected chi connectivity index (χ0v) is 12.8. The summed E-state index contributed by atoms with van der Waals surface area (Å²) in [6.07, 6.45) is 3.31. The highest BCUT2D eigenvalue weighted by atomic mass is 32.2. The lowest BCUT2D eigenvalue weighted by atomic mass is 10.1. The minimum atomic E-state index is 0.645. The van der Waals surface area contributed by atoms with Crippen molar-refractivity contribution in [3.8, 4) is 11.5 Å². The van der Waals surface area contributed by atoms with Gasteiger partial charge >= 0.3 is 0 Å². The number of benzene rings is 1. The fourth-order valence-electron chi connectivity index (χ4n) is 2.05. The predicted octanol–water partition coefficient (Wildman–Crippen LogP) is 3.32. The Bertz CT molecular complexity index is 421. The van der Waals surface area contributed by atoms with E-state index < -0.39 is 0 Å². The van der Waals surface area contributed by atoms with E-state index in [0.29, 0.717) is 13.2 Å². The van der Waals surface area contributed by atoms with E-state index in [4.69, 9.17) is 9.47 Å². The SMILES string of the molecule is CSc1cc2c(cc1CNCCC(C)C)OCCO2. The average Bonchev–Trinajstić information content (AvgIpc) is 2.42. The Morgan fingerprint density at radius 1 is 1.21 bits per heavy atom. The summed E-state index contributed by atoms with van der Waals surface area (Å²) >= 11 is 1.76. The molecule has 0 spiro atoms. The van der Waals surface area contributed by atoms with Gasteiger partial charge in [-0.05, 0) is 42.8 Å².